The molecule has 0 unspecified atom stereocenters. The summed E-state index contributed by atoms with van der Waals surface area (Å²) in [7, 11) is 2.09. The molecule has 0 saturated heterocycles. The van der Waals surface area contributed by atoms with Gasteiger partial charge in [-0.05, 0) is 43.1 Å². The molecular formula is C21H25NO4. The third-order valence-electron chi connectivity index (χ3n) is 3.92. The van der Waals surface area contributed by atoms with Crippen molar-refractivity contribution in [2.75, 3.05) is 20.1 Å². The standard InChI is InChI=1S/C21H25NO4/c1-16(23)25-20-10-9-19(15-21(20)26-17(2)24)12-14-22(3)13-11-18-7-5-4-6-8-18/h4-10,15H,11-14H2,1-3H3. The summed E-state index contributed by atoms with van der Waals surface area (Å²) in [6.45, 7) is 4.47. The number of esters is 2. The first kappa shape index (κ1) is 19.7. The van der Waals surface area contributed by atoms with Gasteiger partial charge in [-0.2, -0.15) is 0 Å². The van der Waals surface area contributed by atoms with Gasteiger partial charge in [0.1, 0.15) is 0 Å². The number of likely N-dealkylation sites (N-methyl/N-ethyl adjacent to an activating group) is 1. The Morgan fingerprint density at radius 1 is 0.808 bits per heavy atom. The highest BCUT2D eigenvalue weighted by atomic mass is 16.6. The molecule has 0 aliphatic heterocycles. The minimum atomic E-state index is -0.452. The lowest BCUT2D eigenvalue weighted by molar-refractivity contribution is -0.134. The Morgan fingerprint density at radius 3 is 2.00 bits per heavy atom. The molecule has 2 aromatic carbocycles. The van der Waals surface area contributed by atoms with Crippen LogP contribution < -0.4 is 9.47 Å². The number of nitrogens with zero attached hydrogens (tertiary/aromatic N) is 1. The molecule has 0 bridgehead atoms. The molecule has 0 saturated carbocycles. The van der Waals surface area contributed by atoms with Gasteiger partial charge in [0.05, 0.1) is 0 Å². The summed E-state index contributed by atoms with van der Waals surface area (Å²) >= 11 is 0. The molecule has 26 heavy (non-hydrogen) atoms. The molecule has 0 heterocycles. The van der Waals surface area contributed by atoms with Crippen LogP contribution in [0.1, 0.15) is 25.0 Å². The van der Waals surface area contributed by atoms with E-state index in [2.05, 4.69) is 36.2 Å². The first-order chi connectivity index (χ1) is 12.4. The van der Waals surface area contributed by atoms with Gasteiger partial charge in [0.15, 0.2) is 11.5 Å². The molecular weight excluding hydrogens is 330 g/mol. The Labute approximate surface area is 154 Å². The highest BCUT2D eigenvalue weighted by Crippen LogP contribution is 2.29. The van der Waals surface area contributed by atoms with Crippen LogP contribution in [0.4, 0.5) is 0 Å². The smallest absolute Gasteiger partial charge is 0.308 e. The Balaban J connectivity index is 1.93. The van der Waals surface area contributed by atoms with Gasteiger partial charge in [0.25, 0.3) is 0 Å². The van der Waals surface area contributed by atoms with Gasteiger partial charge in [-0.1, -0.05) is 36.4 Å². The van der Waals surface area contributed by atoms with E-state index in [9.17, 15) is 9.59 Å². The van der Waals surface area contributed by atoms with E-state index >= 15 is 0 Å². The van der Waals surface area contributed by atoms with Crippen molar-refractivity contribution in [1.29, 1.82) is 0 Å². The quantitative estimate of drug-likeness (QED) is 0.537. The zero-order valence-corrected chi connectivity index (χ0v) is 15.5. The van der Waals surface area contributed by atoms with Gasteiger partial charge in [-0.25, -0.2) is 0 Å². The van der Waals surface area contributed by atoms with Crippen molar-refractivity contribution in [2.24, 2.45) is 0 Å². The third-order valence-corrected chi connectivity index (χ3v) is 3.92. The fraction of sp³-hybridized carbons (Fsp3) is 0.333. The third kappa shape index (κ3) is 6.69. The lowest BCUT2D eigenvalue weighted by atomic mass is 10.1. The maximum atomic E-state index is 11.3. The van der Waals surface area contributed by atoms with Gasteiger partial charge >= 0.3 is 11.9 Å². The van der Waals surface area contributed by atoms with Crippen LogP contribution in [-0.4, -0.2) is 37.0 Å². The number of carbonyl (C=O) groups excluding carboxylic acids is 2. The van der Waals surface area contributed by atoms with E-state index < -0.39 is 11.9 Å². The van der Waals surface area contributed by atoms with Crippen molar-refractivity contribution in [1.82, 2.24) is 4.90 Å². The molecule has 0 N–H and O–H groups in total. The predicted molar refractivity (Wildman–Crippen MR) is 100 cm³/mol. The first-order valence-electron chi connectivity index (χ1n) is 8.66. The number of benzene rings is 2. The van der Waals surface area contributed by atoms with Crippen LogP contribution in [0.2, 0.25) is 0 Å². The summed E-state index contributed by atoms with van der Waals surface area (Å²) in [5.74, 6) is -0.367. The molecule has 5 heteroatoms. The van der Waals surface area contributed by atoms with Crippen LogP contribution in [0.5, 0.6) is 11.5 Å². The molecule has 0 amide bonds. The summed E-state index contributed by atoms with van der Waals surface area (Å²) in [4.78, 5) is 24.7. The maximum absolute atomic E-state index is 11.3. The van der Waals surface area contributed by atoms with Crippen LogP contribution >= 0.6 is 0 Å². The first-order valence-corrected chi connectivity index (χ1v) is 8.66. The number of hydrogen-bond acceptors (Lipinski definition) is 5. The van der Waals surface area contributed by atoms with E-state index in [1.54, 1.807) is 12.1 Å². The molecule has 0 radical (unpaired) electrons. The molecule has 5 nitrogen and oxygen atoms in total. The predicted octanol–water partition coefficient (Wildman–Crippen LogP) is 3.25. The molecule has 0 aliphatic carbocycles. The van der Waals surface area contributed by atoms with Crippen molar-refractivity contribution in [3.05, 3.63) is 59.7 Å². The van der Waals surface area contributed by atoms with Crippen LogP contribution in [0.25, 0.3) is 0 Å². The number of rotatable bonds is 8. The summed E-state index contributed by atoms with van der Waals surface area (Å²) in [6.07, 6.45) is 1.81. The fourth-order valence-corrected chi connectivity index (χ4v) is 2.58. The van der Waals surface area contributed by atoms with Crippen molar-refractivity contribution < 1.29 is 19.1 Å². The molecule has 2 aromatic rings. The summed E-state index contributed by atoms with van der Waals surface area (Å²) in [6, 6.07) is 15.7. The Bertz CT molecular complexity index is 743. The second kappa shape index (κ2) is 9.73. The number of hydrogen-bond donors (Lipinski definition) is 0. The lowest BCUT2D eigenvalue weighted by Crippen LogP contribution is -2.23. The van der Waals surface area contributed by atoms with Crippen molar-refractivity contribution in [3.63, 3.8) is 0 Å². The van der Waals surface area contributed by atoms with Gasteiger partial charge in [0.2, 0.25) is 0 Å². The molecule has 2 rings (SSSR count). The van der Waals surface area contributed by atoms with E-state index in [4.69, 9.17) is 9.47 Å². The van der Waals surface area contributed by atoms with E-state index in [-0.39, 0.29) is 11.5 Å². The Hall–Kier alpha value is -2.66. The minimum Gasteiger partial charge on any atom is -0.423 e. The largest absolute Gasteiger partial charge is 0.423 e. The average Bonchev–Trinajstić information content (AvgIpc) is 2.60. The molecule has 138 valence electrons. The zero-order valence-electron chi connectivity index (χ0n) is 15.5. The minimum absolute atomic E-state index is 0.258. The van der Waals surface area contributed by atoms with E-state index in [0.717, 1.165) is 31.5 Å². The Morgan fingerprint density at radius 2 is 1.38 bits per heavy atom. The highest BCUT2D eigenvalue weighted by Gasteiger charge is 2.11. The lowest BCUT2D eigenvalue weighted by Gasteiger charge is -2.17. The molecule has 0 aromatic heterocycles. The van der Waals surface area contributed by atoms with Crippen LogP contribution in [0.15, 0.2) is 48.5 Å². The summed E-state index contributed by atoms with van der Waals surface area (Å²) < 4.78 is 10.3. The van der Waals surface area contributed by atoms with Gasteiger partial charge in [-0.3, -0.25) is 9.59 Å². The second-order valence-electron chi connectivity index (χ2n) is 6.26. The molecule has 0 atom stereocenters. The van der Waals surface area contributed by atoms with Crippen LogP contribution in [-0.2, 0) is 22.4 Å². The molecule has 0 fully saturated rings. The van der Waals surface area contributed by atoms with Crippen LogP contribution in [0.3, 0.4) is 0 Å². The van der Waals surface area contributed by atoms with E-state index in [0.29, 0.717) is 0 Å². The van der Waals surface area contributed by atoms with Crippen molar-refractivity contribution in [2.45, 2.75) is 26.7 Å². The van der Waals surface area contributed by atoms with Crippen molar-refractivity contribution >= 4 is 11.9 Å². The molecule has 0 aliphatic rings. The van der Waals surface area contributed by atoms with Gasteiger partial charge < -0.3 is 14.4 Å². The number of ether oxygens (including phenoxy) is 2. The van der Waals surface area contributed by atoms with Crippen LogP contribution in [0, 0.1) is 0 Å². The monoisotopic (exact) mass is 355 g/mol. The zero-order chi connectivity index (χ0) is 18.9. The van der Waals surface area contributed by atoms with Crippen molar-refractivity contribution in [3.8, 4) is 11.5 Å². The average molecular weight is 355 g/mol. The number of carbonyl (C=O) groups is 2. The topological polar surface area (TPSA) is 55.8 Å². The normalized spacial score (nSPS) is 10.6. The maximum Gasteiger partial charge on any atom is 0.308 e. The molecule has 0 spiro atoms. The SMILES string of the molecule is CC(=O)Oc1ccc(CCN(C)CCc2ccccc2)cc1OC(C)=O. The Kier molecular flexibility index (Phi) is 7.36. The summed E-state index contributed by atoms with van der Waals surface area (Å²) in [5, 5.41) is 0. The summed E-state index contributed by atoms with van der Waals surface area (Å²) in [5.41, 5.74) is 2.34. The van der Waals surface area contributed by atoms with Gasteiger partial charge in [0, 0.05) is 26.9 Å². The fourth-order valence-electron chi connectivity index (χ4n) is 2.58. The van der Waals surface area contributed by atoms with E-state index in [1.807, 2.05) is 12.1 Å². The highest BCUT2D eigenvalue weighted by molar-refractivity contribution is 5.73. The second-order valence-corrected chi connectivity index (χ2v) is 6.26. The van der Waals surface area contributed by atoms with Gasteiger partial charge in [-0.15, -0.1) is 0 Å². The van der Waals surface area contributed by atoms with E-state index in [1.165, 1.54) is 19.4 Å².